The highest BCUT2D eigenvalue weighted by molar-refractivity contribution is 6.01. The van der Waals surface area contributed by atoms with Crippen LogP contribution in [0.4, 0.5) is 10.5 Å². The predicted molar refractivity (Wildman–Crippen MR) is 107 cm³/mol. The van der Waals surface area contributed by atoms with Crippen molar-refractivity contribution in [2.75, 3.05) is 25.1 Å². The Morgan fingerprint density at radius 2 is 1.83 bits per heavy atom. The molecule has 2 heterocycles. The lowest BCUT2D eigenvalue weighted by atomic mass is 10.1. The largest absolute Gasteiger partial charge is 0.486 e. The number of nitrogens with one attached hydrogen (secondary N) is 2. The quantitative estimate of drug-likeness (QED) is 0.635. The van der Waals surface area contributed by atoms with Gasteiger partial charge in [-0.3, -0.25) is 10.1 Å². The highest BCUT2D eigenvalue weighted by Gasteiger charge is 2.14. The van der Waals surface area contributed by atoms with Gasteiger partial charge in [0.25, 0.3) is 5.91 Å². The molecule has 9 heteroatoms. The van der Waals surface area contributed by atoms with E-state index in [1.807, 2.05) is 0 Å². The second-order valence-corrected chi connectivity index (χ2v) is 6.56. The summed E-state index contributed by atoms with van der Waals surface area (Å²) in [6.07, 6.45) is 0. The van der Waals surface area contributed by atoms with Crippen LogP contribution in [0.2, 0.25) is 0 Å². The fourth-order valence-electron chi connectivity index (χ4n) is 2.99. The summed E-state index contributed by atoms with van der Waals surface area (Å²) in [6.45, 7) is 2.30. The molecule has 1 aromatic heterocycles. The Balaban J connectivity index is 1.33. The number of benzene rings is 2. The molecule has 0 bridgehead atoms. The van der Waals surface area contributed by atoms with Gasteiger partial charge in [-0.05, 0) is 36.8 Å². The summed E-state index contributed by atoms with van der Waals surface area (Å²) in [4.78, 5) is 35.5. The molecule has 0 atom stereocenters. The highest BCUT2D eigenvalue weighted by atomic mass is 16.6. The monoisotopic (exact) mass is 410 g/mol. The van der Waals surface area contributed by atoms with E-state index in [2.05, 4.69) is 10.6 Å². The Labute approximate surface area is 170 Å². The summed E-state index contributed by atoms with van der Waals surface area (Å²) >= 11 is 0. The molecular weight excluding hydrogens is 392 g/mol. The first kappa shape index (κ1) is 19.3. The summed E-state index contributed by atoms with van der Waals surface area (Å²) in [5, 5.41) is 5.49. The van der Waals surface area contributed by atoms with Crippen LogP contribution in [0, 0.1) is 6.92 Å². The normalized spacial score (nSPS) is 12.3. The second-order valence-electron chi connectivity index (χ2n) is 6.56. The molecule has 0 saturated carbocycles. The van der Waals surface area contributed by atoms with Crippen LogP contribution >= 0.6 is 0 Å². The van der Waals surface area contributed by atoms with E-state index < -0.39 is 24.2 Å². The third-order valence-corrected chi connectivity index (χ3v) is 4.35. The van der Waals surface area contributed by atoms with Crippen LogP contribution in [0.5, 0.6) is 17.2 Å². The third-order valence-electron chi connectivity index (χ3n) is 4.35. The van der Waals surface area contributed by atoms with Gasteiger partial charge < -0.3 is 23.9 Å². The van der Waals surface area contributed by atoms with Crippen LogP contribution in [-0.2, 0) is 4.79 Å². The molecule has 3 aromatic rings. The molecule has 9 nitrogen and oxygen atoms in total. The summed E-state index contributed by atoms with van der Waals surface area (Å²) in [7, 11) is 0. The number of fused-ring (bicyclic) bond motifs is 2. The predicted octanol–water partition coefficient (Wildman–Crippen LogP) is 2.60. The van der Waals surface area contributed by atoms with Crippen molar-refractivity contribution in [3.63, 3.8) is 0 Å². The van der Waals surface area contributed by atoms with Gasteiger partial charge in [0.05, 0.1) is 0 Å². The van der Waals surface area contributed by atoms with E-state index in [1.54, 1.807) is 37.3 Å². The number of imide groups is 1. The van der Waals surface area contributed by atoms with Gasteiger partial charge in [-0.25, -0.2) is 9.59 Å². The van der Waals surface area contributed by atoms with Crippen molar-refractivity contribution < 1.29 is 28.2 Å². The molecule has 3 amide bonds. The number of rotatable bonds is 4. The van der Waals surface area contributed by atoms with Crippen molar-refractivity contribution in [3.8, 4) is 17.2 Å². The van der Waals surface area contributed by atoms with Crippen LogP contribution in [0.15, 0.2) is 51.7 Å². The minimum absolute atomic E-state index is 0.332. The van der Waals surface area contributed by atoms with Crippen molar-refractivity contribution in [1.29, 1.82) is 0 Å². The van der Waals surface area contributed by atoms with E-state index in [-0.39, 0.29) is 0 Å². The molecule has 4 rings (SSSR count). The van der Waals surface area contributed by atoms with Gasteiger partial charge in [0, 0.05) is 29.3 Å². The van der Waals surface area contributed by atoms with Gasteiger partial charge in [0.1, 0.15) is 24.5 Å². The summed E-state index contributed by atoms with van der Waals surface area (Å²) in [5.74, 6) is 0.805. The van der Waals surface area contributed by atoms with Crippen molar-refractivity contribution in [2.45, 2.75) is 6.92 Å². The van der Waals surface area contributed by atoms with E-state index in [4.69, 9.17) is 18.6 Å². The molecule has 1 aliphatic rings. The number of anilines is 1. The van der Waals surface area contributed by atoms with Gasteiger partial charge >= 0.3 is 11.7 Å². The number of hydrogen-bond acceptors (Lipinski definition) is 7. The minimum atomic E-state index is -0.708. The molecule has 0 radical (unpaired) electrons. The van der Waals surface area contributed by atoms with E-state index in [9.17, 15) is 14.4 Å². The Hall–Kier alpha value is -4.01. The van der Waals surface area contributed by atoms with Crippen LogP contribution in [0.25, 0.3) is 11.0 Å². The Bertz CT molecular complexity index is 1190. The fraction of sp³-hybridized carbons (Fsp3) is 0.190. The molecule has 0 spiro atoms. The van der Waals surface area contributed by atoms with Gasteiger partial charge in [0.15, 0.2) is 18.1 Å². The molecule has 30 heavy (non-hydrogen) atoms. The Morgan fingerprint density at radius 1 is 1.03 bits per heavy atom. The first-order valence-electron chi connectivity index (χ1n) is 9.16. The number of ether oxygens (including phenoxy) is 3. The van der Waals surface area contributed by atoms with E-state index in [1.165, 1.54) is 12.1 Å². The van der Waals surface area contributed by atoms with Gasteiger partial charge in [0.2, 0.25) is 0 Å². The zero-order chi connectivity index (χ0) is 21.1. The highest BCUT2D eigenvalue weighted by Crippen LogP contribution is 2.32. The van der Waals surface area contributed by atoms with E-state index in [0.717, 1.165) is 10.9 Å². The molecule has 0 unspecified atom stereocenters. The van der Waals surface area contributed by atoms with E-state index in [0.29, 0.717) is 41.7 Å². The summed E-state index contributed by atoms with van der Waals surface area (Å²) in [5.41, 5.74) is 1.12. The maximum Gasteiger partial charge on any atom is 0.336 e. The lowest BCUT2D eigenvalue weighted by Gasteiger charge is -2.19. The molecular formula is C21H18N2O7. The van der Waals surface area contributed by atoms with Crippen molar-refractivity contribution in [3.05, 3.63) is 58.4 Å². The lowest BCUT2D eigenvalue weighted by molar-refractivity contribution is -0.121. The molecule has 2 aromatic carbocycles. The molecule has 0 aliphatic carbocycles. The zero-order valence-corrected chi connectivity index (χ0v) is 16.0. The van der Waals surface area contributed by atoms with Gasteiger partial charge in [-0.2, -0.15) is 0 Å². The Morgan fingerprint density at radius 3 is 2.67 bits per heavy atom. The van der Waals surface area contributed by atoms with Gasteiger partial charge in [-0.1, -0.05) is 0 Å². The number of hydrogen-bond donors (Lipinski definition) is 2. The first-order chi connectivity index (χ1) is 14.5. The Kier molecular flexibility index (Phi) is 5.25. The molecule has 154 valence electrons. The third kappa shape index (κ3) is 4.35. The fourth-order valence-corrected chi connectivity index (χ4v) is 2.99. The molecule has 0 saturated heterocycles. The number of amides is 3. The number of urea groups is 1. The van der Waals surface area contributed by atoms with Crippen LogP contribution in [0.3, 0.4) is 0 Å². The number of aryl methyl sites for hydroxylation is 1. The number of carbonyl (C=O) groups is 2. The smallest absolute Gasteiger partial charge is 0.336 e. The van der Waals surface area contributed by atoms with Crippen LogP contribution < -0.4 is 30.5 Å². The average molecular weight is 410 g/mol. The summed E-state index contributed by atoms with van der Waals surface area (Å²) < 4.78 is 21.4. The maximum atomic E-state index is 12.0. The van der Waals surface area contributed by atoms with E-state index >= 15 is 0 Å². The van der Waals surface area contributed by atoms with Crippen LogP contribution in [0.1, 0.15) is 5.56 Å². The average Bonchev–Trinajstić information content (AvgIpc) is 2.71. The SMILES string of the molecule is Cc1cc(=O)oc2cc(OCC(=O)NC(=O)Nc3ccc4c(c3)OCCO4)ccc12. The lowest BCUT2D eigenvalue weighted by Crippen LogP contribution is -2.37. The second kappa shape index (κ2) is 8.16. The molecule has 2 N–H and O–H groups in total. The maximum absolute atomic E-state index is 12.0. The topological polar surface area (TPSA) is 116 Å². The first-order valence-corrected chi connectivity index (χ1v) is 9.16. The van der Waals surface area contributed by atoms with Gasteiger partial charge in [-0.15, -0.1) is 0 Å². The molecule has 1 aliphatic heterocycles. The van der Waals surface area contributed by atoms with Crippen molar-refractivity contribution >= 4 is 28.6 Å². The zero-order valence-electron chi connectivity index (χ0n) is 16.0. The van der Waals surface area contributed by atoms with Crippen LogP contribution in [-0.4, -0.2) is 31.8 Å². The van der Waals surface area contributed by atoms with Crippen molar-refractivity contribution in [1.82, 2.24) is 5.32 Å². The standard InChI is InChI=1S/C21H18N2O7/c1-12-8-20(25)30-17-10-14(3-4-15(12)17)29-11-19(24)23-21(26)22-13-2-5-16-18(9-13)28-7-6-27-16/h2-5,8-10H,6-7,11H2,1H3,(H2,22,23,24,26). The summed E-state index contributed by atoms with van der Waals surface area (Å²) in [6, 6.07) is 10.5. The van der Waals surface area contributed by atoms with Crippen molar-refractivity contribution in [2.24, 2.45) is 0 Å². The molecule has 0 fully saturated rings. The minimum Gasteiger partial charge on any atom is -0.486 e. The number of carbonyl (C=O) groups excluding carboxylic acids is 2.